The molecule has 10 heteroatoms. The van der Waals surface area contributed by atoms with E-state index in [4.69, 9.17) is 4.74 Å². The van der Waals surface area contributed by atoms with Gasteiger partial charge >= 0.3 is 12.0 Å². The molecule has 28 heavy (non-hydrogen) atoms. The Labute approximate surface area is 157 Å². The minimum absolute atomic E-state index is 0.216. The minimum atomic E-state index is -3.47. The molecule has 3 heterocycles. The van der Waals surface area contributed by atoms with E-state index < -0.39 is 42.4 Å². The van der Waals surface area contributed by atoms with E-state index in [0.717, 1.165) is 28.7 Å². The van der Waals surface area contributed by atoms with Crippen LogP contribution < -0.4 is 5.43 Å². The molecule has 0 bridgehead atoms. The van der Waals surface area contributed by atoms with Crippen molar-refractivity contribution in [3.63, 3.8) is 0 Å². The van der Waals surface area contributed by atoms with Crippen molar-refractivity contribution in [2.24, 2.45) is 5.10 Å². The molecular formula is C18H15F3N4O3. The van der Waals surface area contributed by atoms with Crippen molar-refractivity contribution >= 4 is 11.8 Å². The Hall–Kier alpha value is -3.30. The second-order valence-corrected chi connectivity index (χ2v) is 6.51. The summed E-state index contributed by atoms with van der Waals surface area (Å²) in [6.07, 6.45) is -0.333. The first-order valence-electron chi connectivity index (χ1n) is 8.41. The lowest BCUT2D eigenvalue weighted by molar-refractivity contribution is -0.165. The molecule has 0 aliphatic carbocycles. The fourth-order valence-corrected chi connectivity index (χ4v) is 3.20. The highest BCUT2D eigenvalue weighted by molar-refractivity contribution is 6.01. The van der Waals surface area contributed by atoms with Crippen molar-refractivity contribution in [2.75, 3.05) is 6.54 Å². The van der Waals surface area contributed by atoms with Gasteiger partial charge in [-0.25, -0.2) is 18.0 Å². The number of cyclic esters (lactones) is 1. The fraction of sp³-hybridized carbons (Fsp3) is 0.278. The Balaban J connectivity index is 1.50. The first-order chi connectivity index (χ1) is 13.3. The van der Waals surface area contributed by atoms with Gasteiger partial charge in [0.2, 0.25) is 0 Å². The number of alkyl halides is 2. The van der Waals surface area contributed by atoms with Crippen LogP contribution in [0.4, 0.5) is 18.0 Å². The zero-order valence-electron chi connectivity index (χ0n) is 14.3. The molecule has 1 amide bonds. The third-order valence-electron chi connectivity index (χ3n) is 4.62. The third kappa shape index (κ3) is 3.21. The average molecular weight is 392 g/mol. The Bertz CT molecular complexity index is 939. The summed E-state index contributed by atoms with van der Waals surface area (Å²) in [5.41, 5.74) is 3.81. The zero-order valence-corrected chi connectivity index (χ0v) is 14.3. The van der Waals surface area contributed by atoms with Crippen LogP contribution in [0.3, 0.4) is 0 Å². The highest BCUT2D eigenvalue weighted by Crippen LogP contribution is 2.41. The topological polar surface area (TPSA) is 87.1 Å². The zero-order chi connectivity index (χ0) is 19.9. The molecule has 2 N–H and O–H groups in total. The third-order valence-corrected chi connectivity index (χ3v) is 4.62. The number of hydrogen-bond donors (Lipinski definition) is 2. The van der Waals surface area contributed by atoms with Crippen LogP contribution in [0, 0.1) is 5.82 Å². The monoisotopic (exact) mass is 392 g/mol. The Morgan fingerprint density at radius 3 is 2.71 bits per heavy atom. The molecule has 2 aliphatic rings. The number of halogens is 3. The molecule has 0 spiro atoms. The summed E-state index contributed by atoms with van der Waals surface area (Å²) in [4.78, 5) is 17.1. The van der Waals surface area contributed by atoms with E-state index in [2.05, 4.69) is 15.5 Å². The first kappa shape index (κ1) is 18.1. The number of phenolic OH excluding ortho intramolecular Hbond substituents is 1. The summed E-state index contributed by atoms with van der Waals surface area (Å²) in [5.74, 6) is -5.22. The number of ether oxygens (including phenoxy) is 1. The predicted molar refractivity (Wildman–Crippen MR) is 91.3 cm³/mol. The van der Waals surface area contributed by atoms with Crippen molar-refractivity contribution in [2.45, 2.75) is 24.6 Å². The van der Waals surface area contributed by atoms with Crippen molar-refractivity contribution in [1.29, 1.82) is 0 Å². The van der Waals surface area contributed by atoms with Gasteiger partial charge in [0.05, 0.1) is 12.3 Å². The summed E-state index contributed by atoms with van der Waals surface area (Å²) >= 11 is 0. The van der Waals surface area contributed by atoms with Crippen molar-refractivity contribution < 1.29 is 27.8 Å². The van der Waals surface area contributed by atoms with Gasteiger partial charge in [-0.3, -0.25) is 15.3 Å². The van der Waals surface area contributed by atoms with Crippen molar-refractivity contribution in [3.8, 4) is 5.75 Å². The van der Waals surface area contributed by atoms with Gasteiger partial charge in [-0.1, -0.05) is 6.07 Å². The van der Waals surface area contributed by atoms with E-state index in [9.17, 15) is 23.1 Å². The van der Waals surface area contributed by atoms with Gasteiger partial charge in [0.15, 0.2) is 17.7 Å². The number of pyridine rings is 1. The molecule has 146 valence electrons. The minimum Gasteiger partial charge on any atom is -0.505 e. The molecule has 1 aromatic heterocycles. The van der Waals surface area contributed by atoms with Crippen LogP contribution in [-0.2, 0) is 4.74 Å². The molecular weight excluding hydrogens is 377 g/mol. The fourth-order valence-electron chi connectivity index (χ4n) is 3.20. The number of carbonyl (C=O) groups excluding carboxylic acids is 1. The molecule has 4 rings (SSSR count). The van der Waals surface area contributed by atoms with E-state index in [1.807, 2.05) is 0 Å². The van der Waals surface area contributed by atoms with Crippen LogP contribution in [-0.4, -0.2) is 45.4 Å². The van der Waals surface area contributed by atoms with Crippen LogP contribution >= 0.6 is 0 Å². The van der Waals surface area contributed by atoms with E-state index in [1.54, 1.807) is 24.5 Å². The number of hydrazone groups is 1. The maximum Gasteiger partial charge on any atom is 0.412 e. The molecule has 1 fully saturated rings. The first-order valence-corrected chi connectivity index (χ1v) is 8.41. The number of amides is 1. The maximum atomic E-state index is 14.7. The molecule has 7 nitrogen and oxygen atoms in total. The SMILES string of the molecule is O=C1OC(c2ccc(O)c(F)c2)C(F)(F)CN1C1CC(c2ccncc2)=NN1. The lowest BCUT2D eigenvalue weighted by Gasteiger charge is -2.40. The van der Waals surface area contributed by atoms with E-state index in [0.29, 0.717) is 5.71 Å². The van der Waals surface area contributed by atoms with Gasteiger partial charge in [-0.05, 0) is 24.3 Å². The lowest BCUT2D eigenvalue weighted by atomic mass is 10.0. The number of carbonyl (C=O) groups is 1. The number of aromatic nitrogens is 1. The Kier molecular flexibility index (Phi) is 4.33. The Morgan fingerprint density at radius 2 is 2.00 bits per heavy atom. The van der Waals surface area contributed by atoms with Crippen LogP contribution in [0.2, 0.25) is 0 Å². The van der Waals surface area contributed by atoms with E-state index in [-0.39, 0.29) is 12.0 Å². The van der Waals surface area contributed by atoms with Gasteiger partial charge in [0, 0.05) is 29.9 Å². The lowest BCUT2D eigenvalue weighted by Crippen LogP contribution is -2.57. The van der Waals surface area contributed by atoms with Gasteiger partial charge in [-0.15, -0.1) is 0 Å². The highest BCUT2D eigenvalue weighted by Gasteiger charge is 2.52. The van der Waals surface area contributed by atoms with Gasteiger partial charge in [-0.2, -0.15) is 5.10 Å². The molecule has 0 saturated carbocycles. The predicted octanol–water partition coefficient (Wildman–Crippen LogP) is 2.78. The van der Waals surface area contributed by atoms with Gasteiger partial charge in [0.25, 0.3) is 0 Å². The number of phenols is 1. The molecule has 2 unspecified atom stereocenters. The second kappa shape index (κ2) is 6.70. The summed E-state index contributed by atoms with van der Waals surface area (Å²) < 4.78 is 47.9. The molecule has 1 aromatic carbocycles. The molecule has 2 atom stereocenters. The number of nitrogens with one attached hydrogen (secondary N) is 1. The smallest absolute Gasteiger partial charge is 0.412 e. The van der Waals surface area contributed by atoms with Crippen molar-refractivity contribution in [3.05, 3.63) is 59.7 Å². The second-order valence-electron chi connectivity index (χ2n) is 6.51. The summed E-state index contributed by atoms with van der Waals surface area (Å²) in [6, 6.07) is 6.21. The van der Waals surface area contributed by atoms with Crippen molar-refractivity contribution in [1.82, 2.24) is 15.3 Å². The van der Waals surface area contributed by atoms with Gasteiger partial charge < -0.3 is 9.84 Å². The maximum absolute atomic E-state index is 14.7. The average Bonchev–Trinajstić information content (AvgIpc) is 3.16. The molecule has 2 aliphatic heterocycles. The summed E-state index contributed by atoms with van der Waals surface area (Å²) in [6.45, 7) is -0.921. The number of benzene rings is 1. The quantitative estimate of drug-likeness (QED) is 0.839. The number of rotatable bonds is 3. The molecule has 2 aromatic rings. The molecule has 0 radical (unpaired) electrons. The summed E-state index contributed by atoms with van der Waals surface area (Å²) in [7, 11) is 0. The van der Waals surface area contributed by atoms with Gasteiger partial charge in [0.1, 0.15) is 6.17 Å². The number of nitrogens with zero attached hydrogens (tertiary/aromatic N) is 3. The highest BCUT2D eigenvalue weighted by atomic mass is 19.3. The normalized spacial score (nSPS) is 23.8. The molecule has 1 saturated heterocycles. The van der Waals surface area contributed by atoms with Crippen LogP contribution in [0.25, 0.3) is 0 Å². The largest absolute Gasteiger partial charge is 0.505 e. The van der Waals surface area contributed by atoms with Crippen LogP contribution in [0.15, 0.2) is 47.8 Å². The number of aromatic hydroxyl groups is 1. The standard InChI is InChI=1S/C18H15F3N4O3/c19-12-7-11(1-2-14(12)26)16-18(20,21)9-25(17(27)28-16)15-8-13(23-24-15)10-3-5-22-6-4-10/h1-7,15-16,24,26H,8-9H2. The van der Waals surface area contributed by atoms with Crippen LogP contribution in [0.1, 0.15) is 23.7 Å². The number of hydrogen-bond acceptors (Lipinski definition) is 6. The van der Waals surface area contributed by atoms with E-state index in [1.165, 1.54) is 0 Å². The summed E-state index contributed by atoms with van der Waals surface area (Å²) in [5, 5.41) is 13.3. The van der Waals surface area contributed by atoms with Crippen LogP contribution in [0.5, 0.6) is 5.75 Å². The Morgan fingerprint density at radius 1 is 1.25 bits per heavy atom. The van der Waals surface area contributed by atoms with E-state index >= 15 is 0 Å².